The number of likely N-dealkylation sites (N-methyl/N-ethyl adjacent to an activating group) is 1. The molecule has 4 aliphatic rings. The fraction of sp³-hybridized carbons (Fsp3) is 0.469. The lowest BCUT2D eigenvalue weighted by Crippen LogP contribution is -2.56. The number of aromatic nitrogens is 3. The highest BCUT2D eigenvalue weighted by molar-refractivity contribution is 5.93. The molecule has 3 fully saturated rings. The molecule has 2 aliphatic heterocycles. The number of likely N-dealkylation sites (tertiary alicyclic amines) is 1. The Balaban J connectivity index is 1.29. The maximum Gasteiger partial charge on any atom is 0.319 e. The van der Waals surface area contributed by atoms with E-state index >= 15 is 4.39 Å². The van der Waals surface area contributed by atoms with Crippen molar-refractivity contribution in [1.82, 2.24) is 24.8 Å². The van der Waals surface area contributed by atoms with Gasteiger partial charge in [-0.25, -0.2) is 11.0 Å². The molecule has 2 aliphatic carbocycles. The van der Waals surface area contributed by atoms with Crippen LogP contribution in [0.1, 0.15) is 36.3 Å². The van der Waals surface area contributed by atoms with Crippen LogP contribution in [-0.2, 0) is 11.2 Å². The number of anilines is 1. The summed E-state index contributed by atoms with van der Waals surface area (Å²) < 4.78 is 22.7. The molecule has 4 atom stereocenters. The molecular weight excluding hydrogens is 533 g/mol. The predicted molar refractivity (Wildman–Crippen MR) is 158 cm³/mol. The number of nitrogens with zero attached hydrogens (tertiary/aromatic N) is 7. The number of benzene rings is 1. The SMILES string of the molecule is [C-]#[N+]C[C@H]1CN(c2nc(OC[C@@H]3CCCN3C)nc3c(F)c(-c4cccc5c4CC4CC54)ncc23)CCN1C(=O)C=C. The lowest BCUT2D eigenvalue weighted by atomic mass is 9.96. The van der Waals surface area contributed by atoms with Crippen molar-refractivity contribution in [3.8, 4) is 17.3 Å². The number of rotatable bonds is 7. The van der Waals surface area contributed by atoms with Crippen LogP contribution in [0.3, 0.4) is 0 Å². The Bertz CT molecular complexity index is 1620. The van der Waals surface area contributed by atoms with Crippen molar-refractivity contribution in [3.05, 3.63) is 65.4 Å². The molecule has 2 unspecified atom stereocenters. The molecule has 2 aromatic heterocycles. The zero-order valence-electron chi connectivity index (χ0n) is 23.8. The monoisotopic (exact) mass is 567 g/mol. The van der Waals surface area contributed by atoms with Crippen molar-refractivity contribution < 1.29 is 13.9 Å². The molecule has 0 radical (unpaired) electrons. The predicted octanol–water partition coefficient (Wildman–Crippen LogP) is 4.09. The third kappa shape index (κ3) is 4.56. The van der Waals surface area contributed by atoms with Crippen molar-refractivity contribution >= 4 is 22.6 Å². The first-order valence-electron chi connectivity index (χ1n) is 14.8. The van der Waals surface area contributed by atoms with E-state index in [-0.39, 0.29) is 36.1 Å². The number of ether oxygens (including phenoxy) is 1. The van der Waals surface area contributed by atoms with Gasteiger partial charge in [0.05, 0.1) is 5.39 Å². The molecule has 0 spiro atoms. The molecule has 2 saturated heterocycles. The molecule has 4 heterocycles. The first-order chi connectivity index (χ1) is 20.5. The number of hydrogen-bond acceptors (Lipinski definition) is 7. The Hall–Kier alpha value is -4.10. The molecule has 1 aromatic carbocycles. The number of fused-ring (bicyclic) bond motifs is 4. The molecule has 10 heteroatoms. The minimum Gasteiger partial charge on any atom is -0.462 e. The largest absolute Gasteiger partial charge is 0.462 e. The standard InChI is InChI=1S/C32H34FN7O2/c1-4-27(41)40-12-11-39(17-21(40)15-34-2)31-26-16-35-29(23-9-5-8-22-24-13-19(24)14-25(22)23)28(33)30(26)36-32(37-31)42-18-20-7-6-10-38(20)3/h4-5,8-9,16,19-21,24H,1,6-7,10-15,17-18H2,3H3/t19?,20-,21-,24?/m0/s1. The van der Waals surface area contributed by atoms with Gasteiger partial charge in [-0.3, -0.25) is 9.78 Å². The number of amides is 1. The van der Waals surface area contributed by atoms with E-state index in [0.29, 0.717) is 55.0 Å². The Kier molecular flexibility index (Phi) is 6.77. The van der Waals surface area contributed by atoms with Crippen LogP contribution in [-0.4, -0.2) is 89.1 Å². The van der Waals surface area contributed by atoms with E-state index < -0.39 is 5.82 Å². The lowest BCUT2D eigenvalue weighted by molar-refractivity contribution is -0.128. The Labute approximate surface area is 244 Å². The van der Waals surface area contributed by atoms with Gasteiger partial charge in [0.2, 0.25) is 12.5 Å². The molecule has 216 valence electrons. The van der Waals surface area contributed by atoms with E-state index in [1.165, 1.54) is 23.6 Å². The van der Waals surface area contributed by atoms with E-state index in [1.807, 2.05) is 17.0 Å². The maximum absolute atomic E-state index is 16.5. The summed E-state index contributed by atoms with van der Waals surface area (Å²) in [5.41, 5.74) is 3.84. The van der Waals surface area contributed by atoms with Gasteiger partial charge in [0.25, 0.3) is 0 Å². The number of carbonyl (C=O) groups excluding carboxylic acids is 1. The van der Waals surface area contributed by atoms with Crippen LogP contribution in [0.2, 0.25) is 0 Å². The van der Waals surface area contributed by atoms with Crippen molar-refractivity contribution in [2.75, 3.05) is 51.3 Å². The fourth-order valence-electron chi connectivity index (χ4n) is 7.11. The molecule has 1 amide bonds. The van der Waals surface area contributed by atoms with Crippen molar-refractivity contribution in [3.63, 3.8) is 0 Å². The van der Waals surface area contributed by atoms with E-state index in [9.17, 15) is 4.79 Å². The Morgan fingerprint density at radius 2 is 2.14 bits per heavy atom. The molecule has 0 N–H and O–H groups in total. The van der Waals surface area contributed by atoms with Gasteiger partial charge >= 0.3 is 6.01 Å². The number of halogens is 1. The van der Waals surface area contributed by atoms with Crippen LogP contribution < -0.4 is 9.64 Å². The molecule has 1 saturated carbocycles. The summed E-state index contributed by atoms with van der Waals surface area (Å²) >= 11 is 0. The van der Waals surface area contributed by atoms with Crippen LogP contribution in [0.25, 0.3) is 27.0 Å². The Morgan fingerprint density at radius 1 is 1.26 bits per heavy atom. The van der Waals surface area contributed by atoms with E-state index in [0.717, 1.165) is 31.4 Å². The third-order valence-corrected chi connectivity index (χ3v) is 9.52. The van der Waals surface area contributed by atoms with Crippen molar-refractivity contribution in [2.24, 2.45) is 5.92 Å². The van der Waals surface area contributed by atoms with Crippen LogP contribution in [0.5, 0.6) is 6.01 Å². The highest BCUT2D eigenvalue weighted by Crippen LogP contribution is 2.57. The summed E-state index contributed by atoms with van der Waals surface area (Å²) in [4.78, 5) is 36.0. The molecule has 3 aromatic rings. The quantitative estimate of drug-likeness (QED) is 0.314. The summed E-state index contributed by atoms with van der Waals surface area (Å²) in [5, 5.41) is 0.488. The number of pyridine rings is 1. The second-order valence-corrected chi connectivity index (χ2v) is 12.0. The number of piperazine rings is 1. The molecule has 7 rings (SSSR count). The third-order valence-electron chi connectivity index (χ3n) is 9.52. The highest BCUT2D eigenvalue weighted by Gasteiger charge is 2.46. The summed E-state index contributed by atoms with van der Waals surface area (Å²) in [5.74, 6) is 1.09. The van der Waals surface area contributed by atoms with Gasteiger partial charge in [0, 0.05) is 37.4 Å². The van der Waals surface area contributed by atoms with Gasteiger partial charge < -0.3 is 24.3 Å². The molecule has 0 bridgehead atoms. The van der Waals surface area contributed by atoms with Gasteiger partial charge in [0.1, 0.15) is 29.7 Å². The lowest BCUT2D eigenvalue weighted by Gasteiger charge is -2.39. The van der Waals surface area contributed by atoms with Gasteiger partial charge in [-0.1, -0.05) is 24.8 Å². The summed E-state index contributed by atoms with van der Waals surface area (Å²) in [7, 11) is 2.08. The minimum atomic E-state index is -0.480. The average Bonchev–Trinajstić information content (AvgIpc) is 3.50. The van der Waals surface area contributed by atoms with E-state index in [1.54, 1.807) is 11.1 Å². The van der Waals surface area contributed by atoms with Gasteiger partial charge in [-0.15, -0.1) is 0 Å². The van der Waals surface area contributed by atoms with Crippen molar-refractivity contribution in [1.29, 1.82) is 0 Å². The average molecular weight is 568 g/mol. The maximum atomic E-state index is 16.5. The first-order valence-corrected chi connectivity index (χ1v) is 14.8. The molecule has 9 nitrogen and oxygen atoms in total. The van der Waals surface area contributed by atoms with Crippen LogP contribution in [0.15, 0.2) is 37.1 Å². The second-order valence-electron chi connectivity index (χ2n) is 12.0. The summed E-state index contributed by atoms with van der Waals surface area (Å²) in [6, 6.07) is 6.15. The Morgan fingerprint density at radius 3 is 2.93 bits per heavy atom. The topological polar surface area (TPSA) is 79.1 Å². The second kappa shape index (κ2) is 10.6. The smallest absolute Gasteiger partial charge is 0.319 e. The fourth-order valence-corrected chi connectivity index (χ4v) is 7.11. The zero-order valence-corrected chi connectivity index (χ0v) is 23.8. The van der Waals surface area contributed by atoms with Gasteiger partial charge in [-0.2, -0.15) is 9.97 Å². The van der Waals surface area contributed by atoms with Crippen LogP contribution in [0.4, 0.5) is 10.2 Å². The van der Waals surface area contributed by atoms with Crippen LogP contribution >= 0.6 is 0 Å². The van der Waals surface area contributed by atoms with E-state index in [4.69, 9.17) is 16.3 Å². The number of carbonyl (C=O) groups is 1. The van der Waals surface area contributed by atoms with Gasteiger partial charge in [0.15, 0.2) is 5.82 Å². The van der Waals surface area contributed by atoms with Gasteiger partial charge in [-0.05, 0) is 68.3 Å². The highest BCUT2D eigenvalue weighted by atomic mass is 19.1. The normalized spacial score (nSPS) is 24.8. The number of hydrogen-bond donors (Lipinski definition) is 0. The summed E-state index contributed by atoms with van der Waals surface area (Å²) in [6.07, 6.45) is 7.26. The first kappa shape index (κ1) is 26.8. The summed E-state index contributed by atoms with van der Waals surface area (Å²) in [6.45, 7) is 13.9. The molecular formula is C32H34FN7O2. The molecule has 42 heavy (non-hydrogen) atoms. The van der Waals surface area contributed by atoms with Crippen LogP contribution in [0, 0.1) is 18.3 Å². The zero-order chi connectivity index (χ0) is 29.0. The van der Waals surface area contributed by atoms with E-state index in [2.05, 4.69) is 39.4 Å². The van der Waals surface area contributed by atoms with Crippen molar-refractivity contribution in [2.45, 2.75) is 43.7 Å². The minimum absolute atomic E-state index is 0.125.